The zero-order chi connectivity index (χ0) is 29.1. The number of hydrogen-bond acceptors (Lipinski definition) is 6. The van der Waals surface area contributed by atoms with Crippen LogP contribution in [0.3, 0.4) is 0 Å². The van der Waals surface area contributed by atoms with E-state index in [0.717, 1.165) is 56.7 Å². The Labute approximate surface area is 235 Å². The Morgan fingerprint density at radius 2 is 1.45 bits per heavy atom. The summed E-state index contributed by atoms with van der Waals surface area (Å²) in [5, 5.41) is 0.530. The van der Waals surface area contributed by atoms with Gasteiger partial charge in [0.15, 0.2) is 0 Å². The van der Waals surface area contributed by atoms with Crippen LogP contribution in [0.4, 0.5) is 8.78 Å². The third kappa shape index (κ3) is 9.14. The lowest BCUT2D eigenvalue weighted by Gasteiger charge is -2.26. The van der Waals surface area contributed by atoms with Gasteiger partial charge in [-0.05, 0) is 56.4 Å². The molecule has 6 nitrogen and oxygen atoms in total. The molecule has 8 heteroatoms. The summed E-state index contributed by atoms with van der Waals surface area (Å²) in [5.41, 5.74) is -0.655. The first-order valence-electron chi connectivity index (χ1n) is 14.3. The van der Waals surface area contributed by atoms with Crippen LogP contribution in [0.1, 0.15) is 85.5 Å². The average Bonchev–Trinajstić information content (AvgIpc) is 2.89. The molecule has 0 atom stereocenters. The van der Waals surface area contributed by atoms with Gasteiger partial charge in [0.2, 0.25) is 5.88 Å². The number of benzene rings is 1. The predicted molar refractivity (Wildman–Crippen MR) is 152 cm³/mol. The number of carbonyl (C=O) groups excluding carboxylic acids is 1. The van der Waals surface area contributed by atoms with Gasteiger partial charge in [-0.3, -0.25) is 4.79 Å². The van der Waals surface area contributed by atoms with E-state index in [0.29, 0.717) is 30.1 Å². The second kappa shape index (κ2) is 14.9. The molecule has 0 aliphatic rings. The topological polar surface area (TPSA) is 78.6 Å². The van der Waals surface area contributed by atoms with E-state index in [2.05, 4.69) is 4.98 Å². The normalized spacial score (nSPS) is 11.8. The number of unbranched alkanes of at least 4 members (excludes halogenated alkanes) is 8. The Balaban J connectivity index is 1.28. The molecule has 0 bridgehead atoms. The Morgan fingerprint density at radius 3 is 2.05 bits per heavy atom. The molecule has 2 aromatic heterocycles. The Bertz CT molecular complexity index is 1300. The summed E-state index contributed by atoms with van der Waals surface area (Å²) >= 11 is 0. The number of halogens is 2. The van der Waals surface area contributed by atoms with Crippen LogP contribution in [-0.2, 0) is 9.53 Å². The first kappa shape index (κ1) is 31.2. The van der Waals surface area contributed by atoms with E-state index in [1.54, 1.807) is 6.07 Å². The number of carbonyl (C=O) groups is 1. The van der Waals surface area contributed by atoms with Crippen LogP contribution < -0.4 is 10.4 Å². The Kier molecular flexibility index (Phi) is 11.6. The number of esters is 1. The van der Waals surface area contributed by atoms with Crippen molar-refractivity contribution in [1.82, 2.24) is 4.98 Å². The first-order valence-corrected chi connectivity index (χ1v) is 14.3. The van der Waals surface area contributed by atoms with E-state index in [9.17, 15) is 18.4 Å². The highest BCUT2D eigenvalue weighted by molar-refractivity contribution is 5.81. The second-order valence-corrected chi connectivity index (χ2v) is 11.2. The van der Waals surface area contributed by atoms with Crippen LogP contribution in [-0.4, -0.2) is 24.2 Å². The molecule has 0 N–H and O–H groups in total. The predicted octanol–water partition coefficient (Wildman–Crippen LogP) is 8.25. The lowest BCUT2D eigenvalue weighted by atomic mass is 9.81. The van der Waals surface area contributed by atoms with E-state index < -0.39 is 22.7 Å². The van der Waals surface area contributed by atoms with Gasteiger partial charge in [0.25, 0.3) is 0 Å². The van der Waals surface area contributed by atoms with Crippen molar-refractivity contribution in [3.63, 3.8) is 0 Å². The fourth-order valence-corrected chi connectivity index (χ4v) is 4.19. The summed E-state index contributed by atoms with van der Waals surface area (Å²) < 4.78 is 43.7. The van der Waals surface area contributed by atoms with Gasteiger partial charge in [-0.15, -0.1) is 0 Å². The van der Waals surface area contributed by atoms with Crippen LogP contribution >= 0.6 is 0 Å². The van der Waals surface area contributed by atoms with Crippen LogP contribution in [0.25, 0.3) is 22.1 Å². The molecule has 3 rings (SSSR count). The summed E-state index contributed by atoms with van der Waals surface area (Å²) in [4.78, 5) is 28.8. The summed E-state index contributed by atoms with van der Waals surface area (Å²) in [6, 6.07) is 5.98. The van der Waals surface area contributed by atoms with Gasteiger partial charge >= 0.3 is 11.6 Å². The van der Waals surface area contributed by atoms with Gasteiger partial charge in [0.1, 0.15) is 17.2 Å². The molecule has 0 aliphatic carbocycles. The SMILES string of the molecule is CC(C)C(C)(C)C(=O)OCCCCCCCCCCCOc1cc2oc(=O)c(-c3cc(F)cc(F)c3)cc2cn1. The minimum Gasteiger partial charge on any atom is -0.478 e. The maximum atomic E-state index is 13.6. The maximum Gasteiger partial charge on any atom is 0.344 e. The summed E-state index contributed by atoms with van der Waals surface area (Å²) in [6.07, 6.45) is 11.3. The molecule has 40 heavy (non-hydrogen) atoms. The molecule has 218 valence electrons. The number of rotatable bonds is 16. The summed E-state index contributed by atoms with van der Waals surface area (Å²) in [7, 11) is 0. The molecule has 1 aromatic carbocycles. The lowest BCUT2D eigenvalue weighted by molar-refractivity contribution is -0.156. The van der Waals surface area contributed by atoms with E-state index in [4.69, 9.17) is 13.9 Å². The number of pyridine rings is 1. The highest BCUT2D eigenvalue weighted by Gasteiger charge is 2.32. The molecule has 0 amide bonds. The molecule has 2 heterocycles. The number of aromatic nitrogens is 1. The largest absolute Gasteiger partial charge is 0.478 e. The third-order valence-corrected chi connectivity index (χ3v) is 7.51. The van der Waals surface area contributed by atoms with Crippen molar-refractivity contribution < 1.29 is 27.5 Å². The van der Waals surface area contributed by atoms with Crippen molar-refractivity contribution >= 4 is 16.9 Å². The molecule has 0 saturated carbocycles. The molecule has 0 aliphatic heterocycles. The van der Waals surface area contributed by atoms with Gasteiger partial charge in [0, 0.05) is 23.7 Å². The van der Waals surface area contributed by atoms with Gasteiger partial charge in [-0.1, -0.05) is 58.8 Å². The minimum absolute atomic E-state index is 0.0631. The molecule has 0 saturated heterocycles. The smallest absolute Gasteiger partial charge is 0.344 e. The van der Waals surface area contributed by atoms with Crippen molar-refractivity contribution in [2.45, 2.75) is 85.5 Å². The van der Waals surface area contributed by atoms with E-state index in [-0.39, 0.29) is 23.0 Å². The molecule has 3 aromatic rings. The van der Waals surface area contributed by atoms with Crippen LogP contribution in [0.2, 0.25) is 0 Å². The van der Waals surface area contributed by atoms with Gasteiger partial charge in [-0.25, -0.2) is 18.6 Å². The van der Waals surface area contributed by atoms with E-state index >= 15 is 0 Å². The number of fused-ring (bicyclic) bond motifs is 1. The average molecular weight is 558 g/mol. The zero-order valence-electron chi connectivity index (χ0n) is 24.1. The molecule has 0 radical (unpaired) electrons. The van der Waals surface area contributed by atoms with Crippen molar-refractivity contribution in [2.24, 2.45) is 11.3 Å². The fraction of sp³-hybridized carbons (Fsp3) is 0.531. The highest BCUT2D eigenvalue weighted by atomic mass is 19.1. The van der Waals surface area contributed by atoms with Gasteiger partial charge in [0.05, 0.1) is 24.2 Å². The van der Waals surface area contributed by atoms with Gasteiger partial charge < -0.3 is 13.9 Å². The maximum absolute atomic E-state index is 13.6. The van der Waals surface area contributed by atoms with Crippen LogP contribution in [0.15, 0.2) is 45.7 Å². The monoisotopic (exact) mass is 557 g/mol. The Hall–Kier alpha value is -3.29. The molecule has 0 spiro atoms. The van der Waals surface area contributed by atoms with Crippen molar-refractivity contribution in [1.29, 1.82) is 0 Å². The zero-order valence-corrected chi connectivity index (χ0v) is 24.1. The number of nitrogens with zero attached hydrogens (tertiary/aromatic N) is 1. The fourth-order valence-electron chi connectivity index (χ4n) is 4.19. The van der Waals surface area contributed by atoms with E-state index in [1.165, 1.54) is 31.5 Å². The summed E-state index contributed by atoms with van der Waals surface area (Å²) in [6.45, 7) is 8.96. The van der Waals surface area contributed by atoms with Gasteiger partial charge in [-0.2, -0.15) is 0 Å². The van der Waals surface area contributed by atoms with Crippen LogP contribution in [0.5, 0.6) is 5.88 Å². The second-order valence-electron chi connectivity index (χ2n) is 11.2. The van der Waals surface area contributed by atoms with Crippen molar-refractivity contribution in [2.75, 3.05) is 13.2 Å². The third-order valence-electron chi connectivity index (χ3n) is 7.51. The minimum atomic E-state index is -0.769. The molecule has 0 unspecified atom stereocenters. The quantitative estimate of drug-likeness (QED) is 0.130. The standard InChI is InChI=1S/C32H41F2NO5/c1-22(2)32(3,4)31(37)39-15-13-11-9-7-5-6-8-10-12-14-38-29-20-28-24(21-35-29)18-27(30(36)40-28)23-16-25(33)19-26(34)17-23/h16-22H,5-15H2,1-4H3. The molecule has 0 fully saturated rings. The summed E-state index contributed by atoms with van der Waals surface area (Å²) in [5.74, 6) is -1.03. The van der Waals surface area contributed by atoms with Crippen molar-refractivity contribution in [3.05, 3.63) is 58.6 Å². The van der Waals surface area contributed by atoms with Crippen molar-refractivity contribution in [3.8, 4) is 17.0 Å². The molecular weight excluding hydrogens is 516 g/mol. The lowest BCUT2D eigenvalue weighted by Crippen LogP contribution is -2.32. The van der Waals surface area contributed by atoms with E-state index in [1.807, 2.05) is 27.7 Å². The number of ether oxygens (including phenoxy) is 2. The Morgan fingerprint density at radius 1 is 0.875 bits per heavy atom. The first-order chi connectivity index (χ1) is 19.1. The highest BCUT2D eigenvalue weighted by Crippen LogP contribution is 2.28. The number of hydrogen-bond donors (Lipinski definition) is 0. The van der Waals surface area contributed by atoms with Crippen LogP contribution in [0, 0.1) is 23.0 Å². The molecular formula is C32H41F2NO5.